The molecule has 0 saturated carbocycles. The van der Waals surface area contributed by atoms with Crippen molar-refractivity contribution in [2.45, 2.75) is 13.0 Å². The standard InChI is InChI=1S/C19H29ClN4O2.HI/c1-21-19(22-12-16-3-4-17(20)11-18(16)25-2)24-6-5-15(14-24)13-23-7-9-26-10-8-23;/h3-4,11,15H,5-10,12-14H2,1-2H3,(H,21,22);1H. The van der Waals surface area contributed by atoms with Crippen LogP contribution in [0, 0.1) is 5.92 Å². The Morgan fingerprint density at radius 2 is 2.11 bits per heavy atom. The van der Waals surface area contributed by atoms with Crippen molar-refractivity contribution in [1.82, 2.24) is 15.1 Å². The highest BCUT2D eigenvalue weighted by Crippen LogP contribution is 2.23. The van der Waals surface area contributed by atoms with Gasteiger partial charge in [-0.1, -0.05) is 17.7 Å². The maximum Gasteiger partial charge on any atom is 0.193 e. The summed E-state index contributed by atoms with van der Waals surface area (Å²) < 4.78 is 10.9. The third-order valence-corrected chi connectivity index (χ3v) is 5.34. The number of morpholine rings is 1. The fourth-order valence-electron chi connectivity index (χ4n) is 3.69. The normalized spacial score (nSPS) is 21.1. The largest absolute Gasteiger partial charge is 0.496 e. The molecular formula is C19H30ClIN4O2. The van der Waals surface area contributed by atoms with Crippen molar-refractivity contribution in [3.05, 3.63) is 28.8 Å². The van der Waals surface area contributed by atoms with Gasteiger partial charge in [0.05, 0.1) is 20.3 Å². The topological polar surface area (TPSA) is 49.3 Å². The lowest BCUT2D eigenvalue weighted by Gasteiger charge is -2.29. The molecule has 0 bridgehead atoms. The Bertz CT molecular complexity index is 626. The molecule has 2 fully saturated rings. The molecule has 0 radical (unpaired) electrons. The predicted octanol–water partition coefficient (Wildman–Crippen LogP) is 2.70. The van der Waals surface area contributed by atoms with Crippen LogP contribution in [-0.2, 0) is 11.3 Å². The summed E-state index contributed by atoms with van der Waals surface area (Å²) in [6.45, 7) is 7.76. The van der Waals surface area contributed by atoms with Crippen LogP contribution in [0.1, 0.15) is 12.0 Å². The first-order chi connectivity index (χ1) is 12.7. The number of benzene rings is 1. The first-order valence-corrected chi connectivity index (χ1v) is 9.65. The van der Waals surface area contributed by atoms with Gasteiger partial charge >= 0.3 is 0 Å². The fraction of sp³-hybridized carbons (Fsp3) is 0.632. The molecule has 27 heavy (non-hydrogen) atoms. The van der Waals surface area contributed by atoms with Gasteiger partial charge < -0.3 is 19.7 Å². The van der Waals surface area contributed by atoms with E-state index in [1.807, 2.05) is 25.2 Å². The van der Waals surface area contributed by atoms with Crippen LogP contribution in [0.4, 0.5) is 0 Å². The third-order valence-electron chi connectivity index (χ3n) is 5.10. The number of nitrogens with one attached hydrogen (secondary N) is 1. The van der Waals surface area contributed by atoms with E-state index in [-0.39, 0.29) is 24.0 Å². The van der Waals surface area contributed by atoms with E-state index in [1.54, 1.807) is 7.11 Å². The Balaban J connectivity index is 0.00000261. The van der Waals surface area contributed by atoms with Crippen LogP contribution in [0.3, 0.4) is 0 Å². The van der Waals surface area contributed by atoms with Gasteiger partial charge in [0.1, 0.15) is 5.75 Å². The highest BCUT2D eigenvalue weighted by molar-refractivity contribution is 14.0. The second-order valence-corrected chi connectivity index (χ2v) is 7.31. The maximum atomic E-state index is 6.04. The van der Waals surface area contributed by atoms with Gasteiger partial charge in [-0.25, -0.2) is 0 Å². The molecule has 8 heteroatoms. The molecule has 3 rings (SSSR count). The summed E-state index contributed by atoms with van der Waals surface area (Å²) in [5.41, 5.74) is 1.07. The summed E-state index contributed by atoms with van der Waals surface area (Å²) in [6, 6.07) is 5.72. The second kappa shape index (κ2) is 11.3. The van der Waals surface area contributed by atoms with E-state index < -0.39 is 0 Å². The first kappa shape index (κ1) is 22.5. The average Bonchev–Trinajstić information content (AvgIpc) is 3.12. The molecule has 0 spiro atoms. The van der Waals surface area contributed by atoms with Gasteiger partial charge in [0, 0.05) is 56.9 Å². The van der Waals surface area contributed by atoms with Gasteiger partial charge in [-0.15, -0.1) is 24.0 Å². The molecule has 0 aromatic heterocycles. The summed E-state index contributed by atoms with van der Waals surface area (Å²) >= 11 is 6.04. The van der Waals surface area contributed by atoms with Gasteiger partial charge in [-0.3, -0.25) is 9.89 Å². The number of likely N-dealkylation sites (tertiary alicyclic amines) is 1. The summed E-state index contributed by atoms with van der Waals surface area (Å²) in [5, 5.41) is 4.15. The summed E-state index contributed by atoms with van der Waals surface area (Å²) in [7, 11) is 3.51. The lowest BCUT2D eigenvalue weighted by Crippen LogP contribution is -2.42. The van der Waals surface area contributed by atoms with E-state index in [0.717, 1.165) is 63.2 Å². The number of nitrogens with zero attached hydrogens (tertiary/aromatic N) is 3. The Labute approximate surface area is 184 Å². The van der Waals surface area contributed by atoms with E-state index in [1.165, 1.54) is 6.42 Å². The van der Waals surface area contributed by atoms with Crippen molar-refractivity contribution in [3.8, 4) is 5.75 Å². The number of ether oxygens (including phenoxy) is 2. The molecule has 6 nitrogen and oxygen atoms in total. The predicted molar refractivity (Wildman–Crippen MR) is 121 cm³/mol. The van der Waals surface area contributed by atoms with Crippen molar-refractivity contribution in [2.24, 2.45) is 10.9 Å². The minimum absolute atomic E-state index is 0. The first-order valence-electron chi connectivity index (χ1n) is 9.27. The molecule has 0 amide bonds. The number of hydrogen-bond donors (Lipinski definition) is 1. The van der Waals surface area contributed by atoms with Gasteiger partial charge in [-0.05, 0) is 24.5 Å². The van der Waals surface area contributed by atoms with Crippen molar-refractivity contribution in [3.63, 3.8) is 0 Å². The average molecular weight is 509 g/mol. The molecule has 2 heterocycles. The van der Waals surface area contributed by atoms with Crippen molar-refractivity contribution in [1.29, 1.82) is 0 Å². The van der Waals surface area contributed by atoms with Crippen LogP contribution >= 0.6 is 35.6 Å². The minimum atomic E-state index is 0. The van der Waals surface area contributed by atoms with Crippen LogP contribution in [0.15, 0.2) is 23.2 Å². The zero-order valence-electron chi connectivity index (χ0n) is 16.1. The summed E-state index contributed by atoms with van der Waals surface area (Å²) in [4.78, 5) is 9.35. The minimum Gasteiger partial charge on any atom is -0.496 e. The van der Waals surface area contributed by atoms with E-state index in [9.17, 15) is 0 Å². The van der Waals surface area contributed by atoms with Gasteiger partial charge in [0.2, 0.25) is 0 Å². The Morgan fingerprint density at radius 1 is 1.33 bits per heavy atom. The smallest absolute Gasteiger partial charge is 0.193 e. The molecule has 1 unspecified atom stereocenters. The molecule has 2 aliphatic rings. The van der Waals surface area contributed by atoms with Crippen LogP contribution in [0.25, 0.3) is 0 Å². The van der Waals surface area contributed by atoms with Gasteiger partial charge in [-0.2, -0.15) is 0 Å². The molecule has 2 saturated heterocycles. The molecule has 1 aromatic rings. The van der Waals surface area contributed by atoms with Crippen LogP contribution < -0.4 is 10.1 Å². The van der Waals surface area contributed by atoms with Gasteiger partial charge in [0.15, 0.2) is 5.96 Å². The number of rotatable bonds is 5. The molecule has 2 aliphatic heterocycles. The number of methoxy groups -OCH3 is 1. The molecule has 1 atom stereocenters. The van der Waals surface area contributed by atoms with E-state index >= 15 is 0 Å². The lowest BCUT2D eigenvalue weighted by molar-refractivity contribution is 0.0315. The monoisotopic (exact) mass is 508 g/mol. The van der Waals surface area contributed by atoms with Crippen LogP contribution in [0.5, 0.6) is 5.75 Å². The van der Waals surface area contributed by atoms with E-state index in [4.69, 9.17) is 21.1 Å². The lowest BCUT2D eigenvalue weighted by atomic mass is 10.1. The highest BCUT2D eigenvalue weighted by atomic mass is 127. The Kier molecular flexibility index (Phi) is 9.41. The van der Waals surface area contributed by atoms with Gasteiger partial charge in [0.25, 0.3) is 0 Å². The zero-order chi connectivity index (χ0) is 18.4. The molecular weight excluding hydrogens is 479 g/mol. The number of guanidine groups is 1. The number of hydrogen-bond acceptors (Lipinski definition) is 4. The second-order valence-electron chi connectivity index (χ2n) is 6.87. The van der Waals surface area contributed by atoms with E-state index in [0.29, 0.717) is 17.5 Å². The highest BCUT2D eigenvalue weighted by Gasteiger charge is 2.27. The summed E-state index contributed by atoms with van der Waals surface area (Å²) in [6.07, 6.45) is 1.21. The third kappa shape index (κ3) is 6.37. The maximum absolute atomic E-state index is 6.04. The number of aliphatic imine (C=N–C) groups is 1. The Morgan fingerprint density at radius 3 is 2.81 bits per heavy atom. The summed E-state index contributed by atoms with van der Waals surface area (Å²) in [5.74, 6) is 2.44. The zero-order valence-corrected chi connectivity index (χ0v) is 19.2. The molecule has 1 aromatic carbocycles. The molecule has 0 aliphatic carbocycles. The Hall–Kier alpha value is -0.770. The van der Waals surface area contributed by atoms with Crippen LogP contribution in [0.2, 0.25) is 5.02 Å². The van der Waals surface area contributed by atoms with Crippen LogP contribution in [-0.4, -0.2) is 75.9 Å². The number of halogens is 2. The quantitative estimate of drug-likeness (QED) is 0.377. The van der Waals surface area contributed by atoms with Crippen molar-refractivity contribution in [2.75, 3.05) is 60.1 Å². The van der Waals surface area contributed by atoms with Crippen molar-refractivity contribution >= 4 is 41.5 Å². The van der Waals surface area contributed by atoms with E-state index in [2.05, 4.69) is 20.1 Å². The van der Waals surface area contributed by atoms with Crippen molar-refractivity contribution < 1.29 is 9.47 Å². The SMILES string of the molecule is CN=C(NCc1ccc(Cl)cc1OC)N1CCC(CN2CCOCC2)C1.I. The molecule has 152 valence electrons. The molecule has 1 N–H and O–H groups in total. The fourth-order valence-corrected chi connectivity index (χ4v) is 3.86.